The predicted molar refractivity (Wildman–Crippen MR) is 113 cm³/mol. The van der Waals surface area contributed by atoms with Crippen LogP contribution in [0.4, 0.5) is 4.79 Å². The van der Waals surface area contributed by atoms with E-state index in [4.69, 9.17) is 14.2 Å². The molecule has 1 atom stereocenters. The average molecular weight is 429 g/mol. The van der Waals surface area contributed by atoms with Crippen LogP contribution in [-0.4, -0.2) is 62.3 Å². The SMILES string of the molecule is C=C(C)C(=O)CCCOC(=O)NCCCCCCNC(O)OCCOC(=O)C(=C)C. The number of unbranched alkanes of at least 4 members (excludes halogenated alkanes) is 3. The summed E-state index contributed by atoms with van der Waals surface area (Å²) >= 11 is 0. The van der Waals surface area contributed by atoms with Crippen molar-refractivity contribution in [2.75, 3.05) is 32.9 Å². The van der Waals surface area contributed by atoms with Crippen LogP contribution in [0, 0.1) is 0 Å². The first kappa shape index (κ1) is 27.8. The number of rotatable bonds is 18. The van der Waals surface area contributed by atoms with E-state index in [1.54, 1.807) is 13.8 Å². The third-order valence-corrected chi connectivity index (χ3v) is 3.89. The van der Waals surface area contributed by atoms with Gasteiger partial charge >= 0.3 is 12.1 Å². The van der Waals surface area contributed by atoms with Crippen LogP contribution < -0.4 is 10.6 Å². The van der Waals surface area contributed by atoms with Gasteiger partial charge in [-0.2, -0.15) is 0 Å². The van der Waals surface area contributed by atoms with E-state index in [1.807, 2.05) is 0 Å². The maximum atomic E-state index is 11.5. The summed E-state index contributed by atoms with van der Waals surface area (Å²) < 4.78 is 14.9. The minimum absolute atomic E-state index is 0.0170. The average Bonchev–Trinajstić information content (AvgIpc) is 2.69. The van der Waals surface area contributed by atoms with Crippen molar-refractivity contribution in [2.24, 2.45) is 0 Å². The van der Waals surface area contributed by atoms with Crippen molar-refractivity contribution in [1.29, 1.82) is 0 Å². The Morgan fingerprint density at radius 2 is 1.53 bits per heavy atom. The maximum absolute atomic E-state index is 11.5. The zero-order valence-corrected chi connectivity index (χ0v) is 18.2. The fraction of sp³-hybridized carbons (Fsp3) is 0.667. The number of carbonyl (C=O) groups excluding carboxylic acids is 3. The molecule has 0 aliphatic rings. The van der Waals surface area contributed by atoms with Crippen molar-refractivity contribution < 1.29 is 33.7 Å². The second kappa shape index (κ2) is 17.6. The number of hydrogen-bond acceptors (Lipinski definition) is 8. The number of alkyl carbamates (subject to hydrolysis) is 1. The first-order valence-electron chi connectivity index (χ1n) is 10.2. The Kier molecular flexibility index (Phi) is 16.3. The summed E-state index contributed by atoms with van der Waals surface area (Å²) in [5.74, 6) is -0.504. The fourth-order valence-corrected chi connectivity index (χ4v) is 2.16. The molecule has 0 aromatic rings. The molecular weight excluding hydrogens is 392 g/mol. The van der Waals surface area contributed by atoms with Crippen LogP contribution in [0.3, 0.4) is 0 Å². The number of Topliss-reactive ketones (excluding diaryl/α,β-unsaturated/α-hetero) is 1. The van der Waals surface area contributed by atoms with E-state index in [-0.39, 0.29) is 25.6 Å². The van der Waals surface area contributed by atoms with E-state index >= 15 is 0 Å². The smallest absolute Gasteiger partial charge is 0.407 e. The Balaban J connectivity index is 3.43. The van der Waals surface area contributed by atoms with Crippen molar-refractivity contribution in [2.45, 2.75) is 58.8 Å². The molecule has 3 N–H and O–H groups in total. The second-order valence-corrected chi connectivity index (χ2v) is 6.88. The van der Waals surface area contributed by atoms with Gasteiger partial charge in [0.2, 0.25) is 6.41 Å². The standard InChI is InChI=1S/C21H36N2O7/c1-16(2)18(24)10-9-13-29-20(26)22-11-7-5-6-8-12-23-21(27)30-15-14-28-19(25)17(3)4/h21,23,27H,1,3,5-15H2,2,4H3,(H,22,26). The number of amides is 1. The number of allylic oxidation sites excluding steroid dienone is 1. The molecule has 0 spiro atoms. The number of ketones is 1. The number of hydrogen-bond donors (Lipinski definition) is 3. The molecule has 0 bridgehead atoms. The molecule has 0 heterocycles. The largest absolute Gasteiger partial charge is 0.460 e. The highest BCUT2D eigenvalue weighted by molar-refractivity contribution is 5.94. The van der Waals surface area contributed by atoms with Gasteiger partial charge in [-0.3, -0.25) is 10.1 Å². The number of aliphatic hydroxyl groups is 1. The Morgan fingerprint density at radius 3 is 2.17 bits per heavy atom. The highest BCUT2D eigenvalue weighted by Gasteiger charge is 2.06. The molecule has 0 aliphatic heterocycles. The molecular formula is C21H36N2O7. The lowest BCUT2D eigenvalue weighted by molar-refractivity contribution is -0.151. The number of nitrogens with one attached hydrogen (secondary N) is 2. The summed E-state index contributed by atoms with van der Waals surface area (Å²) in [7, 11) is 0. The van der Waals surface area contributed by atoms with Crippen LogP contribution >= 0.6 is 0 Å². The molecule has 0 aliphatic carbocycles. The van der Waals surface area contributed by atoms with Gasteiger partial charge in [0.1, 0.15) is 6.61 Å². The molecule has 0 rings (SSSR count). The summed E-state index contributed by atoms with van der Waals surface area (Å²) in [6, 6.07) is 0. The van der Waals surface area contributed by atoms with Gasteiger partial charge in [-0.1, -0.05) is 26.0 Å². The van der Waals surface area contributed by atoms with Crippen molar-refractivity contribution in [3.05, 3.63) is 24.3 Å². The highest BCUT2D eigenvalue weighted by atomic mass is 16.6. The van der Waals surface area contributed by atoms with Gasteiger partial charge in [0.05, 0.1) is 13.2 Å². The minimum atomic E-state index is -1.12. The van der Waals surface area contributed by atoms with Crippen LogP contribution in [0.25, 0.3) is 0 Å². The third kappa shape index (κ3) is 16.7. The Bertz CT molecular complexity index is 564. The van der Waals surface area contributed by atoms with Crippen molar-refractivity contribution in [3.8, 4) is 0 Å². The van der Waals surface area contributed by atoms with Gasteiger partial charge in [0.25, 0.3) is 0 Å². The van der Waals surface area contributed by atoms with E-state index in [2.05, 4.69) is 23.8 Å². The molecule has 0 fully saturated rings. The summed E-state index contributed by atoms with van der Waals surface area (Å²) in [5.41, 5.74) is 0.825. The second-order valence-electron chi connectivity index (χ2n) is 6.88. The Hall–Kier alpha value is -2.23. The lowest BCUT2D eigenvalue weighted by atomic mass is 10.1. The lowest BCUT2D eigenvalue weighted by Crippen LogP contribution is -2.33. The molecule has 0 saturated carbocycles. The van der Waals surface area contributed by atoms with Crippen LogP contribution in [0.5, 0.6) is 0 Å². The van der Waals surface area contributed by atoms with Crippen LogP contribution in [-0.2, 0) is 23.8 Å². The molecule has 1 amide bonds. The number of carbonyl (C=O) groups is 3. The molecule has 9 nitrogen and oxygen atoms in total. The van der Waals surface area contributed by atoms with Crippen molar-refractivity contribution >= 4 is 17.8 Å². The molecule has 0 saturated heterocycles. The van der Waals surface area contributed by atoms with E-state index in [1.165, 1.54) is 0 Å². The van der Waals surface area contributed by atoms with Crippen LogP contribution in [0.1, 0.15) is 52.4 Å². The van der Waals surface area contributed by atoms with E-state index in [0.29, 0.717) is 37.1 Å². The monoisotopic (exact) mass is 428 g/mol. The number of esters is 1. The van der Waals surface area contributed by atoms with E-state index < -0.39 is 18.5 Å². The van der Waals surface area contributed by atoms with Gasteiger partial charge in [-0.15, -0.1) is 0 Å². The number of aliphatic hydroxyl groups excluding tert-OH is 1. The summed E-state index contributed by atoms with van der Waals surface area (Å²) in [4.78, 5) is 34.0. The molecule has 9 heteroatoms. The van der Waals surface area contributed by atoms with Gasteiger partial charge in [-0.25, -0.2) is 9.59 Å². The van der Waals surface area contributed by atoms with Gasteiger partial charge in [0, 0.05) is 18.5 Å². The first-order valence-corrected chi connectivity index (χ1v) is 10.2. The summed E-state index contributed by atoms with van der Waals surface area (Å²) in [5, 5.41) is 15.1. The fourth-order valence-electron chi connectivity index (χ4n) is 2.16. The summed E-state index contributed by atoms with van der Waals surface area (Å²) in [6.45, 7) is 11.7. The van der Waals surface area contributed by atoms with Crippen molar-refractivity contribution in [1.82, 2.24) is 10.6 Å². The normalized spacial score (nSPS) is 11.4. The topological polar surface area (TPSA) is 123 Å². The predicted octanol–water partition coefficient (Wildman–Crippen LogP) is 2.20. The minimum Gasteiger partial charge on any atom is -0.460 e. The lowest BCUT2D eigenvalue weighted by Gasteiger charge is -2.13. The maximum Gasteiger partial charge on any atom is 0.407 e. The molecule has 172 valence electrons. The Morgan fingerprint density at radius 1 is 0.867 bits per heavy atom. The number of ether oxygens (including phenoxy) is 3. The van der Waals surface area contributed by atoms with E-state index in [0.717, 1.165) is 25.7 Å². The van der Waals surface area contributed by atoms with Crippen LogP contribution in [0.2, 0.25) is 0 Å². The van der Waals surface area contributed by atoms with Crippen LogP contribution in [0.15, 0.2) is 24.3 Å². The summed E-state index contributed by atoms with van der Waals surface area (Å²) in [6.07, 6.45) is 2.73. The Labute approximate surface area is 178 Å². The van der Waals surface area contributed by atoms with Gasteiger partial charge in [0.15, 0.2) is 5.78 Å². The molecule has 0 radical (unpaired) electrons. The quantitative estimate of drug-likeness (QED) is 0.131. The molecule has 30 heavy (non-hydrogen) atoms. The van der Waals surface area contributed by atoms with E-state index in [9.17, 15) is 19.5 Å². The zero-order valence-electron chi connectivity index (χ0n) is 18.2. The molecule has 0 aromatic heterocycles. The third-order valence-electron chi connectivity index (χ3n) is 3.89. The molecule has 0 aromatic carbocycles. The zero-order chi connectivity index (χ0) is 22.8. The molecule has 1 unspecified atom stereocenters. The van der Waals surface area contributed by atoms with Gasteiger partial charge < -0.3 is 24.6 Å². The highest BCUT2D eigenvalue weighted by Crippen LogP contribution is 2.01. The first-order chi connectivity index (χ1) is 14.2. The van der Waals surface area contributed by atoms with Gasteiger partial charge in [-0.05, 0) is 45.2 Å². The van der Waals surface area contributed by atoms with Crippen molar-refractivity contribution in [3.63, 3.8) is 0 Å².